The van der Waals surface area contributed by atoms with Gasteiger partial charge in [-0.2, -0.15) is 0 Å². The van der Waals surface area contributed by atoms with Gasteiger partial charge in [-0.15, -0.1) is 0 Å². The van der Waals surface area contributed by atoms with E-state index in [1.807, 2.05) is 13.8 Å². The highest BCUT2D eigenvalue weighted by Crippen LogP contribution is 2.43. The summed E-state index contributed by atoms with van der Waals surface area (Å²) in [4.78, 5) is 27.6. The Morgan fingerprint density at radius 1 is 1.00 bits per heavy atom. The Labute approximate surface area is 212 Å². The van der Waals surface area contributed by atoms with E-state index in [2.05, 4.69) is 0 Å². The zero-order valence-electron chi connectivity index (χ0n) is 19.0. The van der Waals surface area contributed by atoms with Gasteiger partial charge < -0.3 is 9.84 Å². The number of rotatable bonds is 6. The van der Waals surface area contributed by atoms with Crippen LogP contribution in [0.2, 0.25) is 10.0 Å². The van der Waals surface area contributed by atoms with E-state index in [1.54, 1.807) is 30.3 Å². The van der Waals surface area contributed by atoms with Crippen molar-refractivity contribution in [2.45, 2.75) is 19.9 Å². The number of aliphatic hydroxyl groups is 1. The number of anilines is 1. The number of benzene rings is 3. The van der Waals surface area contributed by atoms with Crippen LogP contribution in [0.3, 0.4) is 0 Å². The number of hydrogen-bond acceptors (Lipinski definition) is 4. The van der Waals surface area contributed by atoms with Crippen LogP contribution in [-0.4, -0.2) is 23.4 Å². The molecule has 0 spiro atoms. The number of aliphatic hydroxyl groups excluding tert-OH is 1. The van der Waals surface area contributed by atoms with Crippen molar-refractivity contribution in [3.63, 3.8) is 0 Å². The third kappa shape index (κ3) is 5.04. The second-order valence-electron chi connectivity index (χ2n) is 8.55. The number of ether oxygens (including phenoxy) is 1. The molecule has 1 N–H and O–H groups in total. The Bertz CT molecular complexity index is 1300. The first kappa shape index (κ1) is 24.8. The van der Waals surface area contributed by atoms with E-state index in [4.69, 9.17) is 27.9 Å². The summed E-state index contributed by atoms with van der Waals surface area (Å²) in [5, 5.41) is 11.7. The summed E-state index contributed by atoms with van der Waals surface area (Å²) < 4.78 is 19.3. The maximum absolute atomic E-state index is 13.7. The first-order valence-corrected chi connectivity index (χ1v) is 11.7. The van der Waals surface area contributed by atoms with Crippen LogP contribution in [0.1, 0.15) is 31.0 Å². The molecule has 180 valence electrons. The van der Waals surface area contributed by atoms with Gasteiger partial charge in [0.2, 0.25) is 0 Å². The molecular formula is C27H22Cl2FNO4. The van der Waals surface area contributed by atoms with Crippen molar-refractivity contribution >= 4 is 46.3 Å². The number of amides is 1. The largest absolute Gasteiger partial charge is 0.507 e. The van der Waals surface area contributed by atoms with E-state index >= 15 is 0 Å². The molecular weight excluding hydrogens is 492 g/mol. The van der Waals surface area contributed by atoms with Crippen molar-refractivity contribution in [1.82, 2.24) is 0 Å². The fourth-order valence-electron chi connectivity index (χ4n) is 3.82. The lowest BCUT2D eigenvalue weighted by atomic mass is 9.95. The SMILES string of the molecule is CC(C)COc1ccc(/C(O)=C2\C(=O)C(=O)N(c3ccc(Cl)c(Cl)c3)C2c2ccc(F)cc2)cc1. The Kier molecular flexibility index (Phi) is 7.15. The maximum atomic E-state index is 13.7. The Balaban J connectivity index is 1.83. The molecule has 4 rings (SSSR count). The minimum Gasteiger partial charge on any atom is -0.507 e. The van der Waals surface area contributed by atoms with Crippen molar-refractivity contribution in [2.24, 2.45) is 5.92 Å². The van der Waals surface area contributed by atoms with Gasteiger partial charge in [-0.1, -0.05) is 49.2 Å². The topological polar surface area (TPSA) is 66.8 Å². The highest BCUT2D eigenvalue weighted by atomic mass is 35.5. The highest BCUT2D eigenvalue weighted by molar-refractivity contribution is 6.52. The number of carbonyl (C=O) groups excluding carboxylic acids is 2. The molecule has 35 heavy (non-hydrogen) atoms. The molecule has 1 heterocycles. The van der Waals surface area contributed by atoms with Gasteiger partial charge in [0.15, 0.2) is 0 Å². The van der Waals surface area contributed by atoms with Gasteiger partial charge >= 0.3 is 0 Å². The molecule has 5 nitrogen and oxygen atoms in total. The summed E-state index contributed by atoms with van der Waals surface area (Å²) in [5.41, 5.74) is 0.965. The van der Waals surface area contributed by atoms with Gasteiger partial charge in [-0.05, 0) is 66.1 Å². The summed E-state index contributed by atoms with van der Waals surface area (Å²) in [6.45, 7) is 4.59. The predicted molar refractivity (Wildman–Crippen MR) is 134 cm³/mol. The average Bonchev–Trinajstić information content (AvgIpc) is 3.10. The molecule has 0 saturated carbocycles. The number of carbonyl (C=O) groups is 2. The fraction of sp³-hybridized carbons (Fsp3) is 0.185. The molecule has 1 atom stereocenters. The first-order chi connectivity index (χ1) is 16.7. The maximum Gasteiger partial charge on any atom is 0.300 e. The third-order valence-electron chi connectivity index (χ3n) is 5.52. The van der Waals surface area contributed by atoms with Crippen molar-refractivity contribution in [3.05, 3.63) is 99.3 Å². The molecule has 3 aromatic carbocycles. The highest BCUT2D eigenvalue weighted by Gasteiger charge is 2.47. The molecule has 0 bridgehead atoms. The summed E-state index contributed by atoms with van der Waals surface area (Å²) in [6, 6.07) is 15.5. The zero-order chi connectivity index (χ0) is 25.3. The van der Waals surface area contributed by atoms with E-state index in [0.717, 1.165) is 0 Å². The summed E-state index contributed by atoms with van der Waals surface area (Å²) in [6.07, 6.45) is 0. The lowest BCUT2D eigenvalue weighted by Gasteiger charge is -2.25. The molecule has 0 radical (unpaired) electrons. The molecule has 1 aliphatic rings. The lowest BCUT2D eigenvalue weighted by molar-refractivity contribution is -0.132. The molecule has 0 aliphatic carbocycles. The molecule has 1 fully saturated rings. The van der Waals surface area contributed by atoms with Gasteiger partial charge in [0.1, 0.15) is 17.3 Å². The molecule has 1 saturated heterocycles. The van der Waals surface area contributed by atoms with Crippen molar-refractivity contribution in [2.75, 3.05) is 11.5 Å². The van der Waals surface area contributed by atoms with Crippen LogP contribution in [0.15, 0.2) is 72.3 Å². The second kappa shape index (κ2) is 10.1. The molecule has 1 unspecified atom stereocenters. The van der Waals surface area contributed by atoms with Gasteiger partial charge in [-0.3, -0.25) is 14.5 Å². The van der Waals surface area contributed by atoms with Crippen molar-refractivity contribution < 1.29 is 23.8 Å². The third-order valence-corrected chi connectivity index (χ3v) is 6.26. The Morgan fingerprint density at radius 3 is 2.26 bits per heavy atom. The molecule has 8 heteroatoms. The normalized spacial score (nSPS) is 17.3. The standard InChI is InChI=1S/C27H22Cl2FNO4/c1-15(2)14-35-20-10-5-17(6-11-20)25(32)23-24(16-3-7-18(30)8-4-16)31(27(34)26(23)33)19-9-12-21(28)22(29)13-19/h3-13,15,24,32H,14H2,1-2H3/b25-23+. The predicted octanol–water partition coefficient (Wildman–Crippen LogP) is 6.79. The van der Waals surface area contributed by atoms with Crippen LogP contribution >= 0.6 is 23.2 Å². The van der Waals surface area contributed by atoms with Crippen LogP contribution in [0.25, 0.3) is 5.76 Å². The summed E-state index contributed by atoms with van der Waals surface area (Å²) in [7, 11) is 0. The Hall–Kier alpha value is -3.35. The summed E-state index contributed by atoms with van der Waals surface area (Å²) >= 11 is 12.2. The second-order valence-corrected chi connectivity index (χ2v) is 9.36. The minimum atomic E-state index is -1.01. The van der Waals surface area contributed by atoms with Crippen LogP contribution in [0.5, 0.6) is 5.75 Å². The lowest BCUT2D eigenvalue weighted by Crippen LogP contribution is -2.29. The van der Waals surface area contributed by atoms with Gasteiger partial charge in [0.25, 0.3) is 11.7 Å². The number of halogens is 3. The van der Waals surface area contributed by atoms with Crippen molar-refractivity contribution in [3.8, 4) is 5.75 Å². The summed E-state index contributed by atoms with van der Waals surface area (Å²) in [5.74, 6) is -1.59. The van der Waals surface area contributed by atoms with Gasteiger partial charge in [0, 0.05) is 11.3 Å². The van der Waals surface area contributed by atoms with Gasteiger partial charge in [-0.25, -0.2) is 4.39 Å². The smallest absolute Gasteiger partial charge is 0.300 e. The van der Waals surface area contributed by atoms with Crippen LogP contribution in [0, 0.1) is 11.7 Å². The molecule has 3 aromatic rings. The zero-order valence-corrected chi connectivity index (χ0v) is 20.5. The van der Waals surface area contributed by atoms with E-state index in [1.165, 1.54) is 41.3 Å². The minimum absolute atomic E-state index is 0.122. The van der Waals surface area contributed by atoms with E-state index in [0.29, 0.717) is 35.1 Å². The fourth-order valence-corrected chi connectivity index (χ4v) is 4.11. The van der Waals surface area contributed by atoms with Crippen LogP contribution < -0.4 is 9.64 Å². The molecule has 0 aromatic heterocycles. The number of Topliss-reactive ketones (excluding diaryl/α,β-unsaturated/α-hetero) is 1. The number of nitrogens with zero attached hydrogens (tertiary/aromatic N) is 1. The molecule has 1 aliphatic heterocycles. The van der Waals surface area contributed by atoms with E-state index in [-0.39, 0.29) is 21.4 Å². The Morgan fingerprint density at radius 2 is 1.66 bits per heavy atom. The van der Waals surface area contributed by atoms with Crippen LogP contribution in [-0.2, 0) is 9.59 Å². The average molecular weight is 514 g/mol. The molecule has 1 amide bonds. The number of ketones is 1. The van der Waals surface area contributed by atoms with Gasteiger partial charge in [0.05, 0.1) is 28.3 Å². The number of hydrogen-bond donors (Lipinski definition) is 1. The quantitative estimate of drug-likeness (QED) is 0.223. The first-order valence-electron chi connectivity index (χ1n) is 10.9. The van der Waals surface area contributed by atoms with Crippen LogP contribution in [0.4, 0.5) is 10.1 Å². The van der Waals surface area contributed by atoms with E-state index in [9.17, 15) is 19.1 Å². The van der Waals surface area contributed by atoms with E-state index < -0.39 is 23.5 Å². The van der Waals surface area contributed by atoms with Crippen molar-refractivity contribution in [1.29, 1.82) is 0 Å². The monoisotopic (exact) mass is 513 g/mol.